The molecule has 0 saturated carbocycles. The van der Waals surface area contributed by atoms with Gasteiger partial charge in [0.15, 0.2) is 0 Å². The summed E-state index contributed by atoms with van der Waals surface area (Å²) in [5, 5.41) is 17.5. The lowest BCUT2D eigenvalue weighted by Crippen LogP contribution is -2.01. The molecule has 0 fully saturated rings. The zero-order chi connectivity index (χ0) is 13.8. The fourth-order valence-electron chi connectivity index (χ4n) is 1.76. The molecule has 0 aliphatic rings. The molecule has 2 N–H and O–H groups in total. The average molecular weight is 278 g/mol. The maximum absolute atomic E-state index is 11.2. The van der Waals surface area contributed by atoms with Crippen LogP contribution in [0.3, 0.4) is 0 Å². The number of nitro groups is 1. The van der Waals surface area contributed by atoms with Crippen LogP contribution in [0, 0.1) is 10.1 Å². The van der Waals surface area contributed by atoms with Gasteiger partial charge in [-0.15, -0.1) is 0 Å². The average Bonchev–Trinajstić information content (AvgIpc) is 2.38. The molecule has 0 atom stereocenters. The Kier molecular flexibility index (Phi) is 3.87. The first kappa shape index (κ1) is 13.2. The van der Waals surface area contributed by atoms with Crippen LogP contribution in [0.25, 0.3) is 0 Å². The molecule has 0 saturated heterocycles. The normalized spacial score (nSPS) is 10.0. The maximum Gasteiger partial charge on any atom is 0.315 e. The summed E-state index contributed by atoms with van der Waals surface area (Å²) in [6.07, 6.45) is 0. The SMILES string of the molecule is CNc1cccc(Nc2cccc(Cl)c2)c1[N+](=O)[O-]. The molecule has 2 rings (SSSR count). The van der Waals surface area contributed by atoms with Crippen LogP contribution in [0.5, 0.6) is 0 Å². The topological polar surface area (TPSA) is 67.2 Å². The number of hydrogen-bond donors (Lipinski definition) is 2. The number of anilines is 3. The van der Waals surface area contributed by atoms with Crippen molar-refractivity contribution >= 4 is 34.4 Å². The summed E-state index contributed by atoms with van der Waals surface area (Å²) in [5.74, 6) is 0. The summed E-state index contributed by atoms with van der Waals surface area (Å²) in [7, 11) is 1.64. The maximum atomic E-state index is 11.2. The summed E-state index contributed by atoms with van der Waals surface area (Å²) in [6, 6.07) is 12.1. The van der Waals surface area contributed by atoms with Crippen LogP contribution in [0.4, 0.5) is 22.7 Å². The smallest absolute Gasteiger partial charge is 0.315 e. The molecule has 19 heavy (non-hydrogen) atoms. The molecule has 2 aromatic rings. The molecule has 0 aromatic heterocycles. The molecular weight excluding hydrogens is 266 g/mol. The fourth-order valence-corrected chi connectivity index (χ4v) is 1.95. The van der Waals surface area contributed by atoms with E-state index in [1.165, 1.54) is 0 Å². The van der Waals surface area contributed by atoms with Gasteiger partial charge in [-0.05, 0) is 30.3 Å². The van der Waals surface area contributed by atoms with E-state index in [2.05, 4.69) is 10.6 Å². The Labute approximate surface area is 115 Å². The van der Waals surface area contributed by atoms with Gasteiger partial charge in [0.25, 0.3) is 0 Å². The second-order valence-corrected chi connectivity index (χ2v) is 4.28. The van der Waals surface area contributed by atoms with Crippen LogP contribution in [-0.2, 0) is 0 Å². The van der Waals surface area contributed by atoms with Gasteiger partial charge in [-0.2, -0.15) is 0 Å². The summed E-state index contributed by atoms with van der Waals surface area (Å²) >= 11 is 5.89. The van der Waals surface area contributed by atoms with E-state index in [-0.39, 0.29) is 5.69 Å². The lowest BCUT2D eigenvalue weighted by Gasteiger charge is -2.10. The highest BCUT2D eigenvalue weighted by molar-refractivity contribution is 6.30. The Morgan fingerprint density at radius 2 is 1.84 bits per heavy atom. The van der Waals surface area contributed by atoms with Crippen molar-refractivity contribution in [3.05, 3.63) is 57.6 Å². The molecule has 0 amide bonds. The van der Waals surface area contributed by atoms with Gasteiger partial charge in [0.1, 0.15) is 11.4 Å². The first-order valence-electron chi connectivity index (χ1n) is 5.59. The summed E-state index contributed by atoms with van der Waals surface area (Å²) in [4.78, 5) is 10.7. The van der Waals surface area contributed by atoms with Crippen molar-refractivity contribution in [1.82, 2.24) is 0 Å². The Bertz CT molecular complexity index is 617. The number of nitrogens with one attached hydrogen (secondary N) is 2. The van der Waals surface area contributed by atoms with Crippen LogP contribution in [0.1, 0.15) is 0 Å². The van der Waals surface area contributed by atoms with E-state index < -0.39 is 4.92 Å². The lowest BCUT2D eigenvalue weighted by molar-refractivity contribution is -0.383. The fraction of sp³-hybridized carbons (Fsp3) is 0.0769. The molecule has 2 aromatic carbocycles. The van der Waals surface area contributed by atoms with Crippen molar-refractivity contribution in [2.45, 2.75) is 0 Å². The predicted molar refractivity (Wildman–Crippen MR) is 77.4 cm³/mol. The molecule has 0 radical (unpaired) electrons. The predicted octanol–water partition coefficient (Wildman–Crippen LogP) is 4.03. The number of rotatable bonds is 4. The van der Waals surface area contributed by atoms with Gasteiger partial charge in [0.2, 0.25) is 0 Å². The monoisotopic (exact) mass is 277 g/mol. The van der Waals surface area contributed by atoms with E-state index in [0.29, 0.717) is 22.1 Å². The van der Waals surface area contributed by atoms with E-state index in [1.807, 2.05) is 0 Å². The molecule has 0 unspecified atom stereocenters. The molecule has 6 heteroatoms. The highest BCUT2D eigenvalue weighted by Gasteiger charge is 2.18. The van der Waals surface area contributed by atoms with E-state index in [4.69, 9.17) is 11.6 Å². The minimum Gasteiger partial charge on any atom is -0.382 e. The van der Waals surface area contributed by atoms with Crippen LogP contribution in [-0.4, -0.2) is 12.0 Å². The van der Waals surface area contributed by atoms with E-state index in [0.717, 1.165) is 0 Å². The first-order valence-corrected chi connectivity index (χ1v) is 5.97. The second kappa shape index (κ2) is 5.58. The van der Waals surface area contributed by atoms with Crippen molar-refractivity contribution in [3.8, 4) is 0 Å². The number of hydrogen-bond acceptors (Lipinski definition) is 4. The highest BCUT2D eigenvalue weighted by Crippen LogP contribution is 2.34. The number of nitro benzene ring substituents is 1. The Morgan fingerprint density at radius 3 is 2.47 bits per heavy atom. The van der Waals surface area contributed by atoms with Crippen molar-refractivity contribution in [1.29, 1.82) is 0 Å². The Morgan fingerprint density at radius 1 is 1.16 bits per heavy atom. The number of benzene rings is 2. The van der Waals surface area contributed by atoms with Gasteiger partial charge in [-0.3, -0.25) is 10.1 Å². The van der Waals surface area contributed by atoms with Crippen LogP contribution >= 0.6 is 11.6 Å². The third-order valence-corrected chi connectivity index (χ3v) is 2.83. The third kappa shape index (κ3) is 2.95. The van der Waals surface area contributed by atoms with Crippen molar-refractivity contribution in [2.75, 3.05) is 17.7 Å². The highest BCUT2D eigenvalue weighted by atomic mass is 35.5. The van der Waals surface area contributed by atoms with Gasteiger partial charge in [0, 0.05) is 17.8 Å². The van der Waals surface area contributed by atoms with Gasteiger partial charge < -0.3 is 10.6 Å². The molecular formula is C13H12ClN3O2. The van der Waals surface area contributed by atoms with Gasteiger partial charge in [-0.1, -0.05) is 23.7 Å². The second-order valence-electron chi connectivity index (χ2n) is 3.84. The molecule has 98 valence electrons. The zero-order valence-corrected chi connectivity index (χ0v) is 10.9. The van der Waals surface area contributed by atoms with Crippen molar-refractivity contribution in [2.24, 2.45) is 0 Å². The number of nitrogens with zero attached hydrogens (tertiary/aromatic N) is 1. The van der Waals surface area contributed by atoms with E-state index in [9.17, 15) is 10.1 Å². The largest absolute Gasteiger partial charge is 0.382 e. The van der Waals surface area contributed by atoms with Crippen LogP contribution < -0.4 is 10.6 Å². The quantitative estimate of drug-likeness (QED) is 0.654. The van der Waals surface area contributed by atoms with E-state index >= 15 is 0 Å². The number of halogens is 1. The minimum absolute atomic E-state index is 0.00461. The molecule has 0 heterocycles. The van der Waals surface area contributed by atoms with Crippen molar-refractivity contribution < 1.29 is 4.92 Å². The molecule has 0 aliphatic carbocycles. The van der Waals surface area contributed by atoms with Crippen LogP contribution in [0.15, 0.2) is 42.5 Å². The molecule has 0 bridgehead atoms. The van der Waals surface area contributed by atoms with Gasteiger partial charge in [-0.25, -0.2) is 0 Å². The van der Waals surface area contributed by atoms with Gasteiger partial charge >= 0.3 is 5.69 Å². The molecule has 5 nitrogen and oxygen atoms in total. The minimum atomic E-state index is -0.418. The summed E-state index contributed by atoms with van der Waals surface area (Å²) in [5.41, 5.74) is 1.57. The van der Waals surface area contributed by atoms with E-state index in [1.54, 1.807) is 49.5 Å². The first-order chi connectivity index (χ1) is 9.11. The Hall–Kier alpha value is -2.27. The molecule has 0 spiro atoms. The lowest BCUT2D eigenvalue weighted by atomic mass is 10.2. The number of para-hydroxylation sites is 1. The summed E-state index contributed by atoms with van der Waals surface area (Å²) in [6.45, 7) is 0. The van der Waals surface area contributed by atoms with Gasteiger partial charge in [0.05, 0.1) is 4.92 Å². The Balaban J connectivity index is 2.42. The van der Waals surface area contributed by atoms with Crippen molar-refractivity contribution in [3.63, 3.8) is 0 Å². The van der Waals surface area contributed by atoms with Crippen LogP contribution in [0.2, 0.25) is 5.02 Å². The zero-order valence-electron chi connectivity index (χ0n) is 10.2. The third-order valence-electron chi connectivity index (χ3n) is 2.59. The standard InChI is InChI=1S/C13H12ClN3O2/c1-15-11-6-3-7-12(13(11)17(18)19)16-10-5-2-4-9(14)8-10/h2-8,15-16H,1H3. The molecule has 0 aliphatic heterocycles. The summed E-state index contributed by atoms with van der Waals surface area (Å²) < 4.78 is 0.